The molecule has 0 saturated carbocycles. The minimum absolute atomic E-state index is 0.433. The molecule has 1 aliphatic carbocycles. The van der Waals surface area contributed by atoms with E-state index in [4.69, 9.17) is 16.6 Å². The molecule has 1 aromatic heterocycles. The van der Waals surface area contributed by atoms with Crippen molar-refractivity contribution in [1.82, 2.24) is 9.29 Å². The predicted octanol–water partition coefficient (Wildman–Crippen LogP) is 4.06. The van der Waals surface area contributed by atoms with Gasteiger partial charge in [-0.15, -0.1) is 22.9 Å². The van der Waals surface area contributed by atoms with E-state index in [0.29, 0.717) is 26.2 Å². The average Bonchev–Trinajstić information content (AvgIpc) is 3.18. The largest absolute Gasteiger partial charge is 0.345 e. The summed E-state index contributed by atoms with van der Waals surface area (Å²) in [7, 11) is -3.52. The first kappa shape index (κ1) is 20.6. The van der Waals surface area contributed by atoms with Crippen LogP contribution in [0.15, 0.2) is 53.9 Å². The van der Waals surface area contributed by atoms with Crippen LogP contribution in [0.25, 0.3) is 11.3 Å². The number of alkyl halides is 1. The number of allylic oxidation sites excluding steroid dienone is 3. The first-order valence-electron chi connectivity index (χ1n) is 9.59. The van der Waals surface area contributed by atoms with Crippen molar-refractivity contribution >= 4 is 38.1 Å². The van der Waals surface area contributed by atoms with E-state index in [1.54, 1.807) is 46.9 Å². The maximum atomic E-state index is 13.1. The molecule has 0 spiro atoms. The molecule has 1 aliphatic heterocycles. The van der Waals surface area contributed by atoms with Crippen LogP contribution in [0, 0.1) is 6.92 Å². The molecule has 1 saturated heterocycles. The summed E-state index contributed by atoms with van der Waals surface area (Å²) in [6.45, 7) is 5.91. The Balaban J connectivity index is 1.45. The molecule has 2 heterocycles. The molecule has 1 aromatic carbocycles. The third-order valence-corrected chi connectivity index (χ3v) is 9.14. The van der Waals surface area contributed by atoms with Crippen molar-refractivity contribution in [2.75, 3.05) is 31.1 Å². The summed E-state index contributed by atoms with van der Waals surface area (Å²) in [5.41, 5.74) is 3.27. The summed E-state index contributed by atoms with van der Waals surface area (Å²) in [6.07, 6.45) is 6.98. The Bertz CT molecular complexity index is 1050. The molecule has 0 bridgehead atoms. The molecule has 4 rings (SSSR count). The van der Waals surface area contributed by atoms with Crippen molar-refractivity contribution in [2.45, 2.75) is 24.0 Å². The molecule has 8 heteroatoms. The van der Waals surface area contributed by atoms with Crippen LogP contribution in [0.1, 0.15) is 12.5 Å². The first-order chi connectivity index (χ1) is 13.8. The number of sulfonamides is 1. The average molecular weight is 450 g/mol. The second kappa shape index (κ2) is 7.87. The van der Waals surface area contributed by atoms with Crippen LogP contribution in [0.4, 0.5) is 5.13 Å². The van der Waals surface area contributed by atoms with Gasteiger partial charge in [0.25, 0.3) is 0 Å². The molecule has 2 unspecified atom stereocenters. The van der Waals surface area contributed by atoms with E-state index in [1.165, 1.54) is 5.56 Å². The van der Waals surface area contributed by atoms with Crippen LogP contribution < -0.4 is 4.90 Å². The third-order valence-electron chi connectivity index (χ3n) is 5.37. The number of aromatic nitrogens is 1. The van der Waals surface area contributed by atoms with E-state index >= 15 is 0 Å². The van der Waals surface area contributed by atoms with Gasteiger partial charge in [0, 0.05) is 37.1 Å². The monoisotopic (exact) mass is 449 g/mol. The minimum atomic E-state index is -3.52. The van der Waals surface area contributed by atoms with E-state index in [-0.39, 0.29) is 0 Å². The lowest BCUT2D eigenvalue weighted by Crippen LogP contribution is -2.54. The van der Waals surface area contributed by atoms with Gasteiger partial charge in [0.05, 0.1) is 10.6 Å². The van der Waals surface area contributed by atoms with Crippen LogP contribution in [0.5, 0.6) is 0 Å². The van der Waals surface area contributed by atoms with E-state index < -0.39 is 20.1 Å². The normalized spacial score (nSPS) is 25.5. The number of nitrogens with zero attached hydrogens (tertiary/aromatic N) is 3. The van der Waals surface area contributed by atoms with Gasteiger partial charge in [-0.2, -0.15) is 4.31 Å². The second-order valence-corrected chi connectivity index (χ2v) is 11.3. The number of hydrogen-bond acceptors (Lipinski definition) is 5. The van der Waals surface area contributed by atoms with Gasteiger partial charge in [0.15, 0.2) is 5.13 Å². The summed E-state index contributed by atoms with van der Waals surface area (Å²) in [4.78, 5) is 6.01. The summed E-state index contributed by atoms with van der Waals surface area (Å²) in [6, 6.07) is 8.29. The highest BCUT2D eigenvalue weighted by molar-refractivity contribution is 7.90. The van der Waals surface area contributed by atoms with Crippen LogP contribution >= 0.6 is 22.9 Å². The highest BCUT2D eigenvalue weighted by Crippen LogP contribution is 2.33. The SMILES string of the molecule is Cc1cccc(-c2csc(N3CCN(S(=O)(=O)C4C=CC=CC4(C)Cl)CC3)n2)c1. The van der Waals surface area contributed by atoms with Crippen molar-refractivity contribution in [3.05, 3.63) is 59.5 Å². The fraction of sp³-hybridized carbons (Fsp3) is 0.381. The Morgan fingerprint density at radius 3 is 2.66 bits per heavy atom. The highest BCUT2D eigenvalue weighted by Gasteiger charge is 2.43. The summed E-state index contributed by atoms with van der Waals surface area (Å²) >= 11 is 8.07. The van der Waals surface area contributed by atoms with Gasteiger partial charge in [0.1, 0.15) is 5.25 Å². The molecule has 0 radical (unpaired) electrons. The molecular formula is C21H24ClN3O2S2. The molecule has 29 heavy (non-hydrogen) atoms. The minimum Gasteiger partial charge on any atom is -0.345 e. The predicted molar refractivity (Wildman–Crippen MR) is 121 cm³/mol. The Kier molecular flexibility index (Phi) is 5.59. The highest BCUT2D eigenvalue weighted by atomic mass is 35.5. The number of halogens is 1. The molecule has 0 N–H and O–H groups in total. The van der Waals surface area contributed by atoms with Crippen molar-refractivity contribution in [1.29, 1.82) is 0 Å². The van der Waals surface area contributed by atoms with Crippen LogP contribution in [0.2, 0.25) is 0 Å². The summed E-state index contributed by atoms with van der Waals surface area (Å²) in [5.74, 6) is 0. The maximum absolute atomic E-state index is 13.1. The first-order valence-corrected chi connectivity index (χ1v) is 12.3. The van der Waals surface area contributed by atoms with Crippen molar-refractivity contribution in [2.24, 2.45) is 0 Å². The number of aryl methyl sites for hydroxylation is 1. The lowest BCUT2D eigenvalue weighted by molar-refractivity contribution is 0.379. The van der Waals surface area contributed by atoms with Crippen molar-refractivity contribution in [3.8, 4) is 11.3 Å². The molecule has 2 aromatic rings. The lowest BCUT2D eigenvalue weighted by atomic mass is 10.0. The van der Waals surface area contributed by atoms with Crippen molar-refractivity contribution in [3.63, 3.8) is 0 Å². The van der Waals surface area contributed by atoms with E-state index in [0.717, 1.165) is 16.4 Å². The van der Waals surface area contributed by atoms with Crippen LogP contribution in [-0.4, -0.2) is 54.0 Å². The molecule has 2 atom stereocenters. The smallest absolute Gasteiger partial charge is 0.222 e. The number of anilines is 1. The Labute approximate surface area is 181 Å². The standard InChI is InChI=1S/C21H24ClN3O2S2/c1-16-6-5-7-17(14-16)18-15-28-20(23-18)24-10-12-25(13-11-24)29(26,27)19-8-3-4-9-21(19,2)22/h3-9,14-15,19H,10-13H2,1-2H3. The van der Waals surface area contributed by atoms with E-state index in [2.05, 4.69) is 35.4 Å². The number of piperazine rings is 1. The summed E-state index contributed by atoms with van der Waals surface area (Å²) in [5, 5.41) is 2.24. The topological polar surface area (TPSA) is 53.5 Å². The zero-order valence-electron chi connectivity index (χ0n) is 16.5. The van der Waals surface area contributed by atoms with Gasteiger partial charge < -0.3 is 4.90 Å². The molecule has 0 amide bonds. The number of rotatable bonds is 4. The zero-order valence-corrected chi connectivity index (χ0v) is 18.8. The Morgan fingerprint density at radius 1 is 1.21 bits per heavy atom. The second-order valence-electron chi connectivity index (χ2n) is 7.63. The quantitative estimate of drug-likeness (QED) is 0.660. The fourth-order valence-electron chi connectivity index (χ4n) is 3.72. The fourth-order valence-corrected chi connectivity index (χ4v) is 7.04. The lowest BCUT2D eigenvalue weighted by Gasteiger charge is -2.38. The van der Waals surface area contributed by atoms with Crippen LogP contribution in [-0.2, 0) is 10.0 Å². The molecule has 154 valence electrons. The molecule has 2 aliphatic rings. The van der Waals surface area contributed by atoms with Gasteiger partial charge in [-0.25, -0.2) is 13.4 Å². The van der Waals surface area contributed by atoms with Crippen molar-refractivity contribution < 1.29 is 8.42 Å². The number of thiazole rings is 1. The summed E-state index contributed by atoms with van der Waals surface area (Å²) < 4.78 is 27.9. The maximum Gasteiger partial charge on any atom is 0.222 e. The van der Waals surface area contributed by atoms with E-state index in [9.17, 15) is 8.42 Å². The van der Waals surface area contributed by atoms with Gasteiger partial charge in [-0.1, -0.05) is 48.1 Å². The van der Waals surface area contributed by atoms with Gasteiger partial charge in [-0.3, -0.25) is 0 Å². The Hall–Kier alpha value is -1.67. The molecule has 1 fully saturated rings. The third kappa shape index (κ3) is 4.14. The zero-order chi connectivity index (χ0) is 20.6. The number of benzene rings is 1. The van der Waals surface area contributed by atoms with Crippen LogP contribution in [0.3, 0.4) is 0 Å². The number of hydrogen-bond donors (Lipinski definition) is 0. The Morgan fingerprint density at radius 2 is 1.97 bits per heavy atom. The van der Waals surface area contributed by atoms with Gasteiger partial charge >= 0.3 is 0 Å². The van der Waals surface area contributed by atoms with Gasteiger partial charge in [-0.05, 0) is 19.9 Å². The van der Waals surface area contributed by atoms with E-state index in [1.807, 2.05) is 6.07 Å². The molecule has 5 nitrogen and oxygen atoms in total. The van der Waals surface area contributed by atoms with Gasteiger partial charge in [0.2, 0.25) is 10.0 Å². The molecular weight excluding hydrogens is 426 g/mol.